The van der Waals surface area contributed by atoms with Crippen molar-refractivity contribution in [3.05, 3.63) is 65.5 Å². The Balaban J connectivity index is 2.05. The number of hydrogen-bond donors (Lipinski definition) is 1. The van der Waals surface area contributed by atoms with Gasteiger partial charge in [0, 0.05) is 12.1 Å². The highest BCUT2D eigenvalue weighted by Gasteiger charge is 2.17. The molecule has 0 radical (unpaired) electrons. The number of anilines is 1. The van der Waals surface area contributed by atoms with Gasteiger partial charge >= 0.3 is 0 Å². The number of benzene rings is 2. The summed E-state index contributed by atoms with van der Waals surface area (Å²) in [6.07, 6.45) is 1.07. The van der Waals surface area contributed by atoms with Gasteiger partial charge in [0.2, 0.25) is 10.0 Å². The molecule has 0 heterocycles. The predicted octanol–water partition coefficient (Wildman–Crippen LogP) is 2.33. The van der Waals surface area contributed by atoms with E-state index in [1.807, 2.05) is 19.1 Å². The first-order valence-corrected chi connectivity index (χ1v) is 9.21. The van der Waals surface area contributed by atoms with Gasteiger partial charge in [0.15, 0.2) is 0 Å². The van der Waals surface area contributed by atoms with Crippen LogP contribution >= 0.6 is 0 Å². The zero-order valence-corrected chi connectivity index (χ0v) is 14.3. The van der Waals surface area contributed by atoms with E-state index in [0.29, 0.717) is 11.3 Å². The minimum Gasteiger partial charge on any atom is -0.350 e. The van der Waals surface area contributed by atoms with Crippen molar-refractivity contribution in [1.82, 2.24) is 5.32 Å². The molecule has 5 nitrogen and oxygen atoms in total. The van der Waals surface area contributed by atoms with Gasteiger partial charge < -0.3 is 5.32 Å². The monoisotopic (exact) mass is 350 g/mol. The number of rotatable bonds is 6. The van der Waals surface area contributed by atoms with Gasteiger partial charge in [-0.3, -0.25) is 9.10 Å². The summed E-state index contributed by atoms with van der Waals surface area (Å²) in [6, 6.07) is 12.3. The van der Waals surface area contributed by atoms with E-state index >= 15 is 0 Å². The van der Waals surface area contributed by atoms with Crippen LogP contribution in [0.4, 0.5) is 10.1 Å². The number of nitrogens with zero attached hydrogens (tertiary/aromatic N) is 1. The summed E-state index contributed by atoms with van der Waals surface area (Å²) in [5.41, 5.74) is 1.74. The molecule has 0 fully saturated rings. The molecule has 1 N–H and O–H groups in total. The zero-order chi connectivity index (χ0) is 17.7. The van der Waals surface area contributed by atoms with Gasteiger partial charge in [0.1, 0.15) is 5.82 Å². The fourth-order valence-electron chi connectivity index (χ4n) is 2.29. The van der Waals surface area contributed by atoms with Gasteiger partial charge in [0.25, 0.3) is 5.91 Å². The molecule has 128 valence electrons. The van der Waals surface area contributed by atoms with Gasteiger partial charge in [-0.05, 0) is 42.8 Å². The van der Waals surface area contributed by atoms with Crippen LogP contribution < -0.4 is 9.62 Å². The fraction of sp³-hybridized carbons (Fsp3) is 0.235. The van der Waals surface area contributed by atoms with E-state index in [-0.39, 0.29) is 19.0 Å². The predicted molar refractivity (Wildman–Crippen MR) is 92.1 cm³/mol. The summed E-state index contributed by atoms with van der Waals surface area (Å²) in [5, 5.41) is 2.70. The molecular weight excluding hydrogens is 331 g/mol. The molecule has 7 heteroatoms. The Kier molecular flexibility index (Phi) is 5.56. The Morgan fingerprint density at radius 1 is 1.12 bits per heavy atom. The molecule has 0 aromatic heterocycles. The van der Waals surface area contributed by atoms with Crippen molar-refractivity contribution in [2.24, 2.45) is 0 Å². The second kappa shape index (κ2) is 7.44. The summed E-state index contributed by atoms with van der Waals surface area (Å²) in [5.74, 6) is -0.708. The third-order valence-corrected chi connectivity index (χ3v) is 4.70. The lowest BCUT2D eigenvalue weighted by Gasteiger charge is -2.22. The highest BCUT2D eigenvalue weighted by molar-refractivity contribution is 7.92. The molecule has 0 aliphatic carbocycles. The first-order valence-electron chi connectivity index (χ1n) is 7.36. The molecule has 0 bridgehead atoms. The minimum atomic E-state index is -3.54. The SMILES string of the molecule is Cc1ccccc1C(=O)NCCN(c1ccc(F)cc1)S(C)(=O)=O. The molecule has 0 atom stereocenters. The maximum atomic E-state index is 13.0. The number of nitrogens with one attached hydrogen (secondary N) is 1. The van der Waals surface area contributed by atoms with Crippen LogP contribution in [0.1, 0.15) is 15.9 Å². The summed E-state index contributed by atoms with van der Waals surface area (Å²) in [6.45, 7) is 2.02. The van der Waals surface area contributed by atoms with E-state index < -0.39 is 15.8 Å². The molecule has 24 heavy (non-hydrogen) atoms. The van der Waals surface area contributed by atoms with E-state index in [1.54, 1.807) is 12.1 Å². The lowest BCUT2D eigenvalue weighted by molar-refractivity contribution is 0.0954. The van der Waals surface area contributed by atoms with Gasteiger partial charge in [-0.2, -0.15) is 0 Å². The largest absolute Gasteiger partial charge is 0.350 e. The molecule has 0 aliphatic heterocycles. The molecule has 2 rings (SSSR count). The van der Waals surface area contributed by atoms with Crippen LogP contribution in [0.25, 0.3) is 0 Å². The van der Waals surface area contributed by atoms with Crippen molar-refractivity contribution in [3.8, 4) is 0 Å². The normalized spacial score (nSPS) is 11.1. The zero-order valence-electron chi connectivity index (χ0n) is 13.5. The summed E-state index contributed by atoms with van der Waals surface area (Å²) < 4.78 is 38.0. The summed E-state index contributed by atoms with van der Waals surface area (Å²) >= 11 is 0. The lowest BCUT2D eigenvalue weighted by Crippen LogP contribution is -2.38. The quantitative estimate of drug-likeness (QED) is 0.869. The molecular formula is C17H19FN2O3S. The Labute approximate surface area is 141 Å². The van der Waals surface area contributed by atoms with Crippen molar-refractivity contribution in [1.29, 1.82) is 0 Å². The molecule has 0 unspecified atom stereocenters. The fourth-order valence-corrected chi connectivity index (χ4v) is 3.22. The van der Waals surface area contributed by atoms with Crippen molar-refractivity contribution in [2.75, 3.05) is 23.7 Å². The van der Waals surface area contributed by atoms with E-state index in [4.69, 9.17) is 0 Å². The number of aryl methyl sites for hydroxylation is 1. The van der Waals surface area contributed by atoms with Crippen molar-refractivity contribution in [2.45, 2.75) is 6.92 Å². The number of halogens is 1. The van der Waals surface area contributed by atoms with E-state index in [1.165, 1.54) is 24.3 Å². The Morgan fingerprint density at radius 2 is 1.75 bits per heavy atom. The molecule has 2 aromatic rings. The Hall–Kier alpha value is -2.41. The number of carbonyl (C=O) groups excluding carboxylic acids is 1. The van der Waals surface area contributed by atoms with E-state index in [2.05, 4.69) is 5.32 Å². The average molecular weight is 350 g/mol. The standard InChI is InChI=1S/C17H19FN2O3S/c1-13-5-3-4-6-16(13)17(21)19-11-12-20(24(2,22)23)15-9-7-14(18)8-10-15/h3-10H,11-12H2,1-2H3,(H,19,21). The second-order valence-electron chi connectivity index (χ2n) is 5.38. The number of carbonyl (C=O) groups is 1. The summed E-state index contributed by atoms with van der Waals surface area (Å²) in [4.78, 5) is 12.1. The molecule has 0 aliphatic rings. The molecule has 0 spiro atoms. The third kappa shape index (κ3) is 4.55. The van der Waals surface area contributed by atoms with Gasteiger partial charge in [-0.15, -0.1) is 0 Å². The van der Waals surface area contributed by atoms with Gasteiger partial charge in [-0.1, -0.05) is 18.2 Å². The minimum absolute atomic E-state index is 0.0576. The van der Waals surface area contributed by atoms with Crippen LogP contribution in [0.5, 0.6) is 0 Å². The lowest BCUT2D eigenvalue weighted by atomic mass is 10.1. The smallest absolute Gasteiger partial charge is 0.251 e. The maximum absolute atomic E-state index is 13.0. The molecule has 0 saturated heterocycles. The maximum Gasteiger partial charge on any atom is 0.251 e. The molecule has 1 amide bonds. The van der Waals surface area contributed by atoms with Crippen molar-refractivity contribution >= 4 is 21.6 Å². The van der Waals surface area contributed by atoms with Crippen LogP contribution in [0.2, 0.25) is 0 Å². The van der Waals surface area contributed by atoms with E-state index in [0.717, 1.165) is 16.1 Å². The van der Waals surface area contributed by atoms with Crippen LogP contribution in [0.3, 0.4) is 0 Å². The molecule has 2 aromatic carbocycles. The topological polar surface area (TPSA) is 66.5 Å². The Morgan fingerprint density at radius 3 is 2.33 bits per heavy atom. The van der Waals surface area contributed by atoms with E-state index in [9.17, 15) is 17.6 Å². The highest BCUT2D eigenvalue weighted by atomic mass is 32.2. The molecule has 0 saturated carbocycles. The Bertz CT molecular complexity index is 820. The number of sulfonamides is 1. The highest BCUT2D eigenvalue weighted by Crippen LogP contribution is 2.17. The van der Waals surface area contributed by atoms with Crippen molar-refractivity contribution in [3.63, 3.8) is 0 Å². The first kappa shape index (κ1) is 17.9. The average Bonchev–Trinajstić information content (AvgIpc) is 2.52. The first-order chi connectivity index (χ1) is 11.3. The van der Waals surface area contributed by atoms with Gasteiger partial charge in [0.05, 0.1) is 18.5 Å². The van der Waals surface area contributed by atoms with Gasteiger partial charge in [-0.25, -0.2) is 12.8 Å². The third-order valence-electron chi connectivity index (χ3n) is 3.51. The van der Waals surface area contributed by atoms with Crippen LogP contribution in [0.15, 0.2) is 48.5 Å². The number of hydrogen-bond acceptors (Lipinski definition) is 3. The summed E-state index contributed by atoms with van der Waals surface area (Å²) in [7, 11) is -3.54. The van der Waals surface area contributed by atoms with Crippen LogP contribution in [-0.2, 0) is 10.0 Å². The number of amides is 1. The van der Waals surface area contributed by atoms with Crippen molar-refractivity contribution < 1.29 is 17.6 Å². The van der Waals surface area contributed by atoms with Crippen LogP contribution in [0, 0.1) is 12.7 Å². The van der Waals surface area contributed by atoms with Crippen LogP contribution in [-0.4, -0.2) is 33.7 Å². The second-order valence-corrected chi connectivity index (χ2v) is 7.29.